The number of H-pyrrole nitrogens is 1. The van der Waals surface area contributed by atoms with E-state index in [1.54, 1.807) is 6.92 Å². The zero-order chi connectivity index (χ0) is 11.7. The number of aliphatic carboxylic acids is 1. The van der Waals surface area contributed by atoms with Crippen LogP contribution < -0.4 is 0 Å². The van der Waals surface area contributed by atoms with Crippen LogP contribution in [0.5, 0.6) is 0 Å². The first-order valence-electron chi connectivity index (χ1n) is 4.64. The van der Waals surface area contributed by atoms with Gasteiger partial charge in [0, 0.05) is 5.75 Å². The first-order valence-corrected chi connectivity index (χ1v) is 5.69. The quantitative estimate of drug-likeness (QED) is 0.744. The minimum Gasteiger partial charge on any atom is -0.480 e. The summed E-state index contributed by atoms with van der Waals surface area (Å²) in [6, 6.07) is -0.788. The monoisotopic (exact) mass is 242 g/mol. The number of nitrogens with one attached hydrogen (secondary N) is 1. The standard InChI is InChI=1S/C8H10N4O3S/c1-4-12(6(3-16-4)8(14)15)7(13)5-2-9-11-10-5/h2,4,6H,3H2,1H3,(H,14,15)(H,9,10,11). The molecule has 1 aliphatic rings. The first kappa shape index (κ1) is 10.9. The summed E-state index contributed by atoms with van der Waals surface area (Å²) < 4.78 is 0. The number of amides is 1. The van der Waals surface area contributed by atoms with E-state index in [2.05, 4.69) is 15.4 Å². The highest BCUT2D eigenvalue weighted by molar-refractivity contribution is 8.00. The predicted octanol–water partition coefficient (Wildman–Crippen LogP) is -0.207. The van der Waals surface area contributed by atoms with Crippen LogP contribution in [0.4, 0.5) is 0 Å². The van der Waals surface area contributed by atoms with Crippen molar-refractivity contribution in [1.29, 1.82) is 0 Å². The van der Waals surface area contributed by atoms with Crippen LogP contribution in [0.3, 0.4) is 0 Å². The van der Waals surface area contributed by atoms with Crippen LogP contribution in [0.1, 0.15) is 17.4 Å². The number of carbonyl (C=O) groups excluding carboxylic acids is 1. The molecule has 1 saturated heterocycles. The van der Waals surface area contributed by atoms with Gasteiger partial charge in [0.05, 0.1) is 11.6 Å². The van der Waals surface area contributed by atoms with Gasteiger partial charge in [0.25, 0.3) is 5.91 Å². The molecular formula is C8H10N4O3S. The van der Waals surface area contributed by atoms with Crippen molar-refractivity contribution in [2.45, 2.75) is 18.3 Å². The smallest absolute Gasteiger partial charge is 0.327 e. The summed E-state index contributed by atoms with van der Waals surface area (Å²) in [5, 5.41) is 18.4. The molecule has 2 rings (SSSR count). The number of nitrogens with zero attached hydrogens (tertiary/aromatic N) is 3. The summed E-state index contributed by atoms with van der Waals surface area (Å²) >= 11 is 1.43. The molecule has 0 radical (unpaired) electrons. The van der Waals surface area contributed by atoms with Gasteiger partial charge in [-0.05, 0) is 6.92 Å². The van der Waals surface area contributed by atoms with Gasteiger partial charge in [0.15, 0.2) is 5.69 Å². The third-order valence-electron chi connectivity index (χ3n) is 2.38. The molecule has 2 heterocycles. The average molecular weight is 242 g/mol. The zero-order valence-electron chi connectivity index (χ0n) is 8.45. The summed E-state index contributed by atoms with van der Waals surface area (Å²) in [6.07, 6.45) is 1.29. The van der Waals surface area contributed by atoms with Gasteiger partial charge in [0.2, 0.25) is 0 Å². The van der Waals surface area contributed by atoms with E-state index in [0.717, 1.165) is 0 Å². The van der Waals surface area contributed by atoms with E-state index in [-0.39, 0.29) is 11.1 Å². The predicted molar refractivity (Wildman–Crippen MR) is 55.9 cm³/mol. The van der Waals surface area contributed by atoms with Crippen LogP contribution in [0.2, 0.25) is 0 Å². The number of hydrogen-bond acceptors (Lipinski definition) is 5. The fraction of sp³-hybridized carbons (Fsp3) is 0.500. The molecule has 2 atom stereocenters. The Morgan fingerprint density at radius 3 is 3.00 bits per heavy atom. The summed E-state index contributed by atoms with van der Waals surface area (Å²) in [5.74, 6) is -0.993. The molecule has 16 heavy (non-hydrogen) atoms. The maximum atomic E-state index is 12.0. The van der Waals surface area contributed by atoms with E-state index in [1.165, 1.54) is 22.9 Å². The van der Waals surface area contributed by atoms with Gasteiger partial charge in [-0.2, -0.15) is 15.4 Å². The number of aromatic amines is 1. The lowest BCUT2D eigenvalue weighted by molar-refractivity contribution is -0.141. The van der Waals surface area contributed by atoms with E-state index >= 15 is 0 Å². The van der Waals surface area contributed by atoms with Gasteiger partial charge in [-0.25, -0.2) is 4.79 Å². The molecule has 1 aromatic rings. The summed E-state index contributed by atoms with van der Waals surface area (Å²) in [4.78, 5) is 24.3. The molecule has 86 valence electrons. The van der Waals surface area contributed by atoms with E-state index < -0.39 is 17.9 Å². The van der Waals surface area contributed by atoms with Crippen LogP contribution in [-0.2, 0) is 4.79 Å². The summed E-state index contributed by atoms with van der Waals surface area (Å²) in [6.45, 7) is 1.80. The van der Waals surface area contributed by atoms with Gasteiger partial charge >= 0.3 is 5.97 Å². The molecule has 2 unspecified atom stereocenters. The Morgan fingerprint density at radius 2 is 2.44 bits per heavy atom. The average Bonchev–Trinajstić information content (AvgIpc) is 2.84. The number of rotatable bonds is 2. The minimum atomic E-state index is -0.992. The summed E-state index contributed by atoms with van der Waals surface area (Å²) in [7, 11) is 0. The maximum Gasteiger partial charge on any atom is 0.327 e. The Labute approximate surface area is 95.2 Å². The van der Waals surface area contributed by atoms with Gasteiger partial charge in [0.1, 0.15) is 6.04 Å². The number of carboxylic acid groups (broad SMARTS) is 1. The molecule has 0 saturated carbocycles. The van der Waals surface area contributed by atoms with Crippen molar-refractivity contribution in [3.05, 3.63) is 11.9 Å². The lowest BCUT2D eigenvalue weighted by Gasteiger charge is -2.23. The Balaban J connectivity index is 2.24. The lowest BCUT2D eigenvalue weighted by Crippen LogP contribution is -2.44. The normalized spacial score (nSPS) is 24.7. The van der Waals surface area contributed by atoms with Crippen molar-refractivity contribution >= 4 is 23.6 Å². The van der Waals surface area contributed by atoms with Crippen molar-refractivity contribution in [2.75, 3.05) is 5.75 Å². The largest absolute Gasteiger partial charge is 0.480 e. The second kappa shape index (κ2) is 4.12. The fourth-order valence-electron chi connectivity index (χ4n) is 1.58. The van der Waals surface area contributed by atoms with Gasteiger partial charge in [-0.15, -0.1) is 11.8 Å². The Morgan fingerprint density at radius 1 is 1.69 bits per heavy atom. The van der Waals surface area contributed by atoms with E-state index in [0.29, 0.717) is 5.75 Å². The molecule has 1 aromatic heterocycles. The van der Waals surface area contributed by atoms with Crippen molar-refractivity contribution < 1.29 is 14.7 Å². The SMILES string of the molecule is CC1SCC(C(=O)O)N1C(=O)c1cn[nH]n1. The lowest BCUT2D eigenvalue weighted by atomic mass is 10.2. The van der Waals surface area contributed by atoms with Crippen LogP contribution >= 0.6 is 11.8 Å². The van der Waals surface area contributed by atoms with Crippen LogP contribution in [-0.4, -0.2) is 54.5 Å². The molecule has 1 aliphatic heterocycles. The van der Waals surface area contributed by atoms with Gasteiger partial charge < -0.3 is 10.0 Å². The minimum absolute atomic E-state index is 0.139. The molecule has 2 N–H and O–H groups in total. The van der Waals surface area contributed by atoms with E-state index in [9.17, 15) is 9.59 Å². The molecule has 1 fully saturated rings. The van der Waals surface area contributed by atoms with Crippen molar-refractivity contribution in [2.24, 2.45) is 0 Å². The topological polar surface area (TPSA) is 99.2 Å². The summed E-state index contributed by atoms with van der Waals surface area (Å²) in [5.41, 5.74) is 0.139. The Kier molecular flexibility index (Phi) is 2.82. The zero-order valence-corrected chi connectivity index (χ0v) is 9.27. The Bertz CT molecular complexity index is 407. The molecule has 8 heteroatoms. The maximum absolute atomic E-state index is 12.0. The van der Waals surface area contributed by atoms with Crippen molar-refractivity contribution in [3.63, 3.8) is 0 Å². The molecule has 0 aromatic carbocycles. The molecule has 0 spiro atoms. The third kappa shape index (κ3) is 1.75. The highest BCUT2D eigenvalue weighted by Gasteiger charge is 2.40. The number of hydrogen-bond donors (Lipinski definition) is 2. The van der Waals surface area contributed by atoms with E-state index in [1.807, 2.05) is 0 Å². The molecular weight excluding hydrogens is 232 g/mol. The van der Waals surface area contributed by atoms with Gasteiger partial charge in [-0.1, -0.05) is 0 Å². The highest BCUT2D eigenvalue weighted by Crippen LogP contribution is 2.29. The molecule has 1 amide bonds. The van der Waals surface area contributed by atoms with Crippen molar-refractivity contribution in [1.82, 2.24) is 20.3 Å². The number of thioether (sulfide) groups is 1. The molecule has 0 aliphatic carbocycles. The fourth-order valence-corrected chi connectivity index (χ4v) is 2.75. The van der Waals surface area contributed by atoms with Crippen LogP contribution in [0, 0.1) is 0 Å². The second-order valence-electron chi connectivity index (χ2n) is 3.35. The van der Waals surface area contributed by atoms with Crippen LogP contribution in [0.15, 0.2) is 6.20 Å². The molecule has 7 nitrogen and oxygen atoms in total. The van der Waals surface area contributed by atoms with E-state index in [4.69, 9.17) is 5.11 Å². The number of carbonyl (C=O) groups is 2. The number of carboxylic acids is 1. The van der Waals surface area contributed by atoms with Crippen LogP contribution in [0.25, 0.3) is 0 Å². The second-order valence-corrected chi connectivity index (χ2v) is 4.70. The Hall–Kier alpha value is -1.57. The number of aromatic nitrogens is 3. The van der Waals surface area contributed by atoms with Gasteiger partial charge in [-0.3, -0.25) is 4.79 Å². The highest BCUT2D eigenvalue weighted by atomic mass is 32.2. The third-order valence-corrected chi connectivity index (χ3v) is 3.59. The first-order chi connectivity index (χ1) is 7.61. The van der Waals surface area contributed by atoms with Crippen molar-refractivity contribution in [3.8, 4) is 0 Å². The molecule has 0 bridgehead atoms.